The van der Waals surface area contributed by atoms with Gasteiger partial charge in [0.25, 0.3) is 0 Å². The third-order valence-electron chi connectivity index (χ3n) is 6.23. The minimum absolute atomic E-state index is 0. The molecule has 0 aliphatic carbocycles. The average molecular weight is 544 g/mol. The van der Waals surface area contributed by atoms with Crippen molar-refractivity contribution in [3.8, 4) is 0 Å². The molecule has 2 heterocycles. The van der Waals surface area contributed by atoms with Crippen LogP contribution in [0.4, 0.5) is 5.69 Å². The highest BCUT2D eigenvalue weighted by atomic mass is 127. The van der Waals surface area contributed by atoms with Crippen LogP contribution in [0.5, 0.6) is 0 Å². The lowest BCUT2D eigenvalue weighted by molar-refractivity contribution is 0.0132. The number of nitrogens with zero attached hydrogens (tertiary/aromatic N) is 3. The molecule has 2 fully saturated rings. The Kier molecular flexibility index (Phi) is 11.4. The van der Waals surface area contributed by atoms with Crippen molar-refractivity contribution in [1.29, 1.82) is 0 Å². The molecule has 0 radical (unpaired) electrons. The predicted octanol–water partition coefficient (Wildman–Crippen LogP) is 3.88. The van der Waals surface area contributed by atoms with Crippen LogP contribution in [0.2, 0.25) is 0 Å². The molecule has 176 valence electrons. The minimum Gasteiger partial charge on any atom is -0.379 e. The SMILES string of the molecule is CN=C(NCC(CC(C)C)N1CCOCC1)NC(C)c1cccc(N2CCCC2)c1.I. The van der Waals surface area contributed by atoms with Gasteiger partial charge in [-0.3, -0.25) is 9.89 Å². The van der Waals surface area contributed by atoms with Gasteiger partial charge in [0.05, 0.1) is 19.3 Å². The molecule has 0 bridgehead atoms. The summed E-state index contributed by atoms with van der Waals surface area (Å²) >= 11 is 0. The Morgan fingerprint density at radius 2 is 1.81 bits per heavy atom. The van der Waals surface area contributed by atoms with Gasteiger partial charge in [-0.2, -0.15) is 0 Å². The summed E-state index contributed by atoms with van der Waals surface area (Å²) in [5.41, 5.74) is 2.64. The number of anilines is 1. The van der Waals surface area contributed by atoms with Crippen LogP contribution in [-0.2, 0) is 4.74 Å². The number of guanidine groups is 1. The Balaban J connectivity index is 0.00000341. The van der Waals surface area contributed by atoms with E-state index in [2.05, 4.69) is 70.5 Å². The van der Waals surface area contributed by atoms with Crippen molar-refractivity contribution in [2.45, 2.75) is 52.1 Å². The van der Waals surface area contributed by atoms with E-state index in [9.17, 15) is 0 Å². The summed E-state index contributed by atoms with van der Waals surface area (Å²) < 4.78 is 5.55. The first-order valence-corrected chi connectivity index (χ1v) is 11.7. The van der Waals surface area contributed by atoms with Crippen LogP contribution in [0.25, 0.3) is 0 Å². The van der Waals surface area contributed by atoms with Crippen molar-refractivity contribution < 1.29 is 4.74 Å². The molecule has 2 saturated heterocycles. The number of nitrogens with one attached hydrogen (secondary N) is 2. The second-order valence-electron chi connectivity index (χ2n) is 9.04. The van der Waals surface area contributed by atoms with E-state index in [1.807, 2.05) is 7.05 Å². The van der Waals surface area contributed by atoms with E-state index < -0.39 is 0 Å². The smallest absolute Gasteiger partial charge is 0.191 e. The zero-order valence-electron chi connectivity index (χ0n) is 19.8. The van der Waals surface area contributed by atoms with E-state index in [0.29, 0.717) is 12.0 Å². The number of benzene rings is 1. The molecule has 31 heavy (non-hydrogen) atoms. The Morgan fingerprint density at radius 1 is 1.10 bits per heavy atom. The molecule has 2 atom stereocenters. The average Bonchev–Trinajstić information content (AvgIpc) is 3.31. The molecule has 0 aromatic heterocycles. The maximum Gasteiger partial charge on any atom is 0.191 e. The van der Waals surface area contributed by atoms with Crippen molar-refractivity contribution in [3.05, 3.63) is 29.8 Å². The van der Waals surface area contributed by atoms with Crippen molar-refractivity contribution in [1.82, 2.24) is 15.5 Å². The first kappa shape index (κ1) is 26.2. The first-order chi connectivity index (χ1) is 14.6. The second-order valence-corrected chi connectivity index (χ2v) is 9.04. The molecule has 2 N–H and O–H groups in total. The lowest BCUT2D eigenvalue weighted by Crippen LogP contribution is -2.51. The first-order valence-electron chi connectivity index (χ1n) is 11.7. The summed E-state index contributed by atoms with van der Waals surface area (Å²) in [6, 6.07) is 9.64. The topological polar surface area (TPSA) is 52.1 Å². The molecule has 2 aliphatic heterocycles. The fraction of sp³-hybridized carbons (Fsp3) is 0.708. The fourth-order valence-corrected chi connectivity index (χ4v) is 4.51. The second kappa shape index (κ2) is 13.5. The van der Waals surface area contributed by atoms with Crippen LogP contribution in [0.3, 0.4) is 0 Å². The summed E-state index contributed by atoms with van der Waals surface area (Å²) in [6.07, 6.45) is 3.78. The van der Waals surface area contributed by atoms with Gasteiger partial charge in [0.2, 0.25) is 0 Å². The summed E-state index contributed by atoms with van der Waals surface area (Å²) in [7, 11) is 1.86. The monoisotopic (exact) mass is 543 g/mol. The van der Waals surface area contributed by atoms with E-state index in [4.69, 9.17) is 4.74 Å². The molecule has 2 aliphatic rings. The number of hydrogen-bond acceptors (Lipinski definition) is 4. The van der Waals surface area contributed by atoms with E-state index in [1.165, 1.54) is 43.6 Å². The van der Waals surface area contributed by atoms with E-state index in [0.717, 1.165) is 38.8 Å². The van der Waals surface area contributed by atoms with Gasteiger partial charge in [-0.05, 0) is 49.8 Å². The number of halogens is 1. The molecule has 0 spiro atoms. The van der Waals surface area contributed by atoms with Crippen molar-refractivity contribution in [3.63, 3.8) is 0 Å². The van der Waals surface area contributed by atoms with Crippen LogP contribution in [-0.4, -0.2) is 69.9 Å². The van der Waals surface area contributed by atoms with Crippen LogP contribution in [0, 0.1) is 5.92 Å². The molecule has 1 aromatic carbocycles. The zero-order chi connectivity index (χ0) is 21.3. The maximum absolute atomic E-state index is 5.55. The largest absolute Gasteiger partial charge is 0.379 e. The van der Waals surface area contributed by atoms with Gasteiger partial charge in [0, 0.05) is 51.5 Å². The highest BCUT2D eigenvalue weighted by Gasteiger charge is 2.22. The number of ether oxygens (including phenoxy) is 1. The number of morpholine rings is 1. The van der Waals surface area contributed by atoms with Crippen LogP contribution in [0.1, 0.15) is 51.6 Å². The molecule has 2 unspecified atom stereocenters. The van der Waals surface area contributed by atoms with Crippen molar-refractivity contribution >= 4 is 35.6 Å². The Labute approximate surface area is 206 Å². The van der Waals surface area contributed by atoms with Gasteiger partial charge in [-0.15, -0.1) is 24.0 Å². The molecular formula is C24H42IN5O. The molecule has 7 heteroatoms. The number of hydrogen-bond donors (Lipinski definition) is 2. The van der Waals surface area contributed by atoms with Gasteiger partial charge in [0.1, 0.15) is 0 Å². The van der Waals surface area contributed by atoms with Crippen LogP contribution < -0.4 is 15.5 Å². The standard InChI is InChI=1S/C24H41N5O.HI/c1-19(2)16-23(29-12-14-30-15-13-29)18-26-24(25-4)27-20(3)21-8-7-9-22(17-21)28-10-5-6-11-28;/h7-9,17,19-20,23H,5-6,10-16,18H2,1-4H3,(H2,25,26,27);1H. The predicted molar refractivity (Wildman–Crippen MR) is 142 cm³/mol. The highest BCUT2D eigenvalue weighted by Crippen LogP contribution is 2.24. The lowest BCUT2D eigenvalue weighted by Gasteiger charge is -2.36. The summed E-state index contributed by atoms with van der Waals surface area (Å²) in [5, 5.41) is 7.18. The normalized spacial score (nSPS) is 19.8. The molecule has 6 nitrogen and oxygen atoms in total. The quantitative estimate of drug-likeness (QED) is 0.296. The Morgan fingerprint density at radius 3 is 2.45 bits per heavy atom. The molecule has 3 rings (SSSR count). The fourth-order valence-electron chi connectivity index (χ4n) is 4.51. The van der Waals surface area contributed by atoms with Gasteiger partial charge >= 0.3 is 0 Å². The van der Waals surface area contributed by atoms with E-state index >= 15 is 0 Å². The van der Waals surface area contributed by atoms with Crippen molar-refractivity contribution in [2.24, 2.45) is 10.9 Å². The molecule has 0 saturated carbocycles. The molecular weight excluding hydrogens is 501 g/mol. The molecule has 1 aromatic rings. The van der Waals surface area contributed by atoms with Crippen molar-refractivity contribution in [2.75, 3.05) is 57.9 Å². The third-order valence-corrected chi connectivity index (χ3v) is 6.23. The Bertz CT molecular complexity index is 672. The van der Waals surface area contributed by atoms with Gasteiger partial charge in [0.15, 0.2) is 5.96 Å². The minimum atomic E-state index is 0. The van der Waals surface area contributed by atoms with Gasteiger partial charge in [-0.25, -0.2) is 0 Å². The number of aliphatic imine (C=N–C) groups is 1. The number of rotatable bonds is 8. The van der Waals surface area contributed by atoms with Crippen LogP contribution in [0.15, 0.2) is 29.3 Å². The summed E-state index contributed by atoms with van der Waals surface area (Å²) in [5.74, 6) is 1.54. The van der Waals surface area contributed by atoms with Crippen LogP contribution >= 0.6 is 24.0 Å². The highest BCUT2D eigenvalue weighted by molar-refractivity contribution is 14.0. The van der Waals surface area contributed by atoms with E-state index in [-0.39, 0.29) is 30.0 Å². The Hall–Kier alpha value is -1.06. The third kappa shape index (κ3) is 8.09. The summed E-state index contributed by atoms with van der Waals surface area (Å²) in [4.78, 5) is 9.54. The zero-order valence-corrected chi connectivity index (χ0v) is 22.1. The molecule has 0 amide bonds. The maximum atomic E-state index is 5.55. The lowest BCUT2D eigenvalue weighted by atomic mass is 10.0. The van der Waals surface area contributed by atoms with E-state index in [1.54, 1.807) is 0 Å². The summed E-state index contributed by atoms with van der Waals surface area (Å²) in [6.45, 7) is 13.8. The van der Waals surface area contributed by atoms with Gasteiger partial charge in [-0.1, -0.05) is 26.0 Å². The van der Waals surface area contributed by atoms with Gasteiger partial charge < -0.3 is 20.3 Å².